The van der Waals surface area contributed by atoms with Crippen molar-refractivity contribution in [1.82, 2.24) is 0 Å². The van der Waals surface area contributed by atoms with Crippen molar-refractivity contribution in [2.45, 2.75) is 6.61 Å². The van der Waals surface area contributed by atoms with Gasteiger partial charge in [0.1, 0.15) is 6.61 Å². The quantitative estimate of drug-likeness (QED) is 0.239. The van der Waals surface area contributed by atoms with Crippen molar-refractivity contribution < 1.29 is 14.3 Å². The summed E-state index contributed by atoms with van der Waals surface area (Å²) in [6.45, 7) is 0.308. The number of ether oxygens (including phenoxy) is 2. The summed E-state index contributed by atoms with van der Waals surface area (Å²) < 4.78 is 12.0. The number of nitrogens with zero attached hydrogens (tertiary/aromatic N) is 1. The highest BCUT2D eigenvalue weighted by Gasteiger charge is 2.34. The number of rotatable bonds is 6. The minimum atomic E-state index is -0.255. The topological polar surface area (TPSA) is 38.8 Å². The molecule has 9 heteroatoms. The summed E-state index contributed by atoms with van der Waals surface area (Å²) in [7, 11) is 1.57. The van der Waals surface area contributed by atoms with Gasteiger partial charge in [0.25, 0.3) is 5.91 Å². The Morgan fingerprint density at radius 3 is 2.48 bits per heavy atom. The Labute approximate surface area is 216 Å². The van der Waals surface area contributed by atoms with E-state index < -0.39 is 0 Å². The Morgan fingerprint density at radius 1 is 1.03 bits per heavy atom. The predicted octanol–water partition coefficient (Wildman–Crippen LogP) is 7.64. The number of hydrogen-bond donors (Lipinski definition) is 0. The van der Waals surface area contributed by atoms with Crippen LogP contribution in [0.5, 0.6) is 11.5 Å². The Morgan fingerprint density at radius 2 is 1.79 bits per heavy atom. The maximum atomic E-state index is 13.2. The molecule has 0 bridgehead atoms. The lowest BCUT2D eigenvalue weighted by Gasteiger charge is -2.15. The first-order valence-corrected chi connectivity index (χ1v) is 12.0. The van der Waals surface area contributed by atoms with Crippen molar-refractivity contribution >= 4 is 80.8 Å². The molecule has 168 valence electrons. The standard InChI is InChI=1S/C24H16Cl3NO3S2/c1-30-20-4-2-3-15(22(20)31-13-14-5-7-16(25)8-6-14)11-21-23(29)28(24(32)33-21)17-9-10-18(26)19(27)12-17/h2-12H,13H2,1H3/b21-11-. The zero-order chi connectivity index (χ0) is 23.5. The molecule has 0 aromatic heterocycles. The number of carbonyl (C=O) groups is 1. The van der Waals surface area contributed by atoms with Crippen LogP contribution in [0.25, 0.3) is 6.08 Å². The van der Waals surface area contributed by atoms with E-state index in [9.17, 15) is 4.79 Å². The van der Waals surface area contributed by atoms with Gasteiger partial charge in [-0.2, -0.15) is 0 Å². The van der Waals surface area contributed by atoms with Gasteiger partial charge < -0.3 is 9.47 Å². The third kappa shape index (κ3) is 5.31. The molecule has 0 radical (unpaired) electrons. The third-order valence-corrected chi connectivity index (χ3v) is 7.06. The van der Waals surface area contributed by atoms with Crippen LogP contribution in [0.1, 0.15) is 11.1 Å². The van der Waals surface area contributed by atoms with Crippen LogP contribution in [-0.4, -0.2) is 17.3 Å². The lowest BCUT2D eigenvalue weighted by molar-refractivity contribution is -0.113. The fraction of sp³-hybridized carbons (Fsp3) is 0.0833. The second kappa shape index (κ2) is 10.4. The molecule has 1 fully saturated rings. The molecule has 33 heavy (non-hydrogen) atoms. The number of hydrogen-bond acceptors (Lipinski definition) is 5. The molecule has 1 heterocycles. The summed E-state index contributed by atoms with van der Waals surface area (Å²) >= 11 is 24.8. The molecule has 4 nitrogen and oxygen atoms in total. The fourth-order valence-electron chi connectivity index (χ4n) is 3.15. The van der Waals surface area contributed by atoms with Crippen LogP contribution in [0.3, 0.4) is 0 Å². The molecule has 1 aliphatic heterocycles. The first kappa shape index (κ1) is 23.9. The maximum absolute atomic E-state index is 13.2. The summed E-state index contributed by atoms with van der Waals surface area (Å²) in [6, 6.07) is 17.8. The van der Waals surface area contributed by atoms with E-state index in [1.165, 1.54) is 16.7 Å². The van der Waals surface area contributed by atoms with Gasteiger partial charge >= 0.3 is 0 Å². The Hall–Kier alpha value is -2.22. The van der Waals surface area contributed by atoms with Crippen LogP contribution in [0.4, 0.5) is 5.69 Å². The number of thiocarbonyl (C=S) groups is 1. The molecule has 0 atom stereocenters. The smallest absolute Gasteiger partial charge is 0.270 e. The van der Waals surface area contributed by atoms with Crippen LogP contribution in [0, 0.1) is 0 Å². The molecule has 3 aromatic carbocycles. The number of benzene rings is 3. The molecule has 1 aliphatic rings. The van der Waals surface area contributed by atoms with Gasteiger partial charge in [0.15, 0.2) is 15.8 Å². The minimum absolute atomic E-state index is 0.255. The molecule has 0 aliphatic carbocycles. The number of halogens is 3. The van der Waals surface area contributed by atoms with E-state index in [4.69, 9.17) is 56.5 Å². The summed E-state index contributed by atoms with van der Waals surface area (Å²) in [5.41, 5.74) is 2.19. The van der Waals surface area contributed by atoms with Crippen molar-refractivity contribution in [3.05, 3.63) is 91.8 Å². The Bertz CT molecular complexity index is 1260. The molecule has 0 saturated carbocycles. The SMILES string of the molecule is COc1cccc(/C=C2\SC(=S)N(c3ccc(Cl)c(Cl)c3)C2=O)c1OCc1ccc(Cl)cc1. The number of amides is 1. The summed E-state index contributed by atoms with van der Waals surface area (Å²) in [5.74, 6) is 0.822. The third-order valence-electron chi connectivity index (χ3n) is 4.77. The second-order valence-electron chi connectivity index (χ2n) is 6.91. The Kier molecular flexibility index (Phi) is 7.51. The van der Waals surface area contributed by atoms with Gasteiger partial charge in [-0.05, 0) is 48.0 Å². The first-order chi connectivity index (χ1) is 15.9. The maximum Gasteiger partial charge on any atom is 0.270 e. The number of carbonyl (C=O) groups excluding carboxylic acids is 1. The van der Waals surface area contributed by atoms with Gasteiger partial charge in [-0.15, -0.1) is 0 Å². The average Bonchev–Trinajstić information content (AvgIpc) is 3.08. The van der Waals surface area contributed by atoms with Crippen molar-refractivity contribution in [2.24, 2.45) is 0 Å². The van der Waals surface area contributed by atoms with E-state index in [2.05, 4.69) is 0 Å². The summed E-state index contributed by atoms with van der Waals surface area (Å²) in [5, 5.41) is 1.40. The van der Waals surface area contributed by atoms with E-state index >= 15 is 0 Å². The normalized spacial score (nSPS) is 14.8. The monoisotopic (exact) mass is 535 g/mol. The fourth-order valence-corrected chi connectivity index (χ4v) is 4.86. The van der Waals surface area contributed by atoms with Gasteiger partial charge in [0.05, 0.1) is 27.7 Å². The molecular weight excluding hydrogens is 521 g/mol. The average molecular weight is 537 g/mol. The molecular formula is C24H16Cl3NO3S2. The van der Waals surface area contributed by atoms with E-state index in [0.717, 1.165) is 5.56 Å². The van der Waals surface area contributed by atoms with Gasteiger partial charge in [-0.1, -0.05) is 83.0 Å². The van der Waals surface area contributed by atoms with E-state index in [1.54, 1.807) is 49.6 Å². The largest absolute Gasteiger partial charge is 0.493 e. The molecule has 1 saturated heterocycles. The van der Waals surface area contributed by atoms with Crippen LogP contribution in [0.2, 0.25) is 15.1 Å². The van der Waals surface area contributed by atoms with Gasteiger partial charge in [0, 0.05) is 10.6 Å². The second-order valence-corrected chi connectivity index (χ2v) is 9.84. The molecule has 3 aromatic rings. The highest BCUT2D eigenvalue weighted by molar-refractivity contribution is 8.27. The first-order valence-electron chi connectivity index (χ1n) is 9.64. The van der Waals surface area contributed by atoms with Crippen LogP contribution in [0.15, 0.2) is 65.6 Å². The van der Waals surface area contributed by atoms with Gasteiger partial charge in [-0.3, -0.25) is 9.69 Å². The van der Waals surface area contributed by atoms with Crippen molar-refractivity contribution in [3.8, 4) is 11.5 Å². The Balaban J connectivity index is 1.64. The zero-order valence-electron chi connectivity index (χ0n) is 17.2. The van der Waals surface area contributed by atoms with Crippen molar-refractivity contribution in [3.63, 3.8) is 0 Å². The van der Waals surface area contributed by atoms with Crippen LogP contribution in [-0.2, 0) is 11.4 Å². The van der Waals surface area contributed by atoms with Crippen molar-refractivity contribution in [2.75, 3.05) is 12.0 Å². The van der Waals surface area contributed by atoms with Crippen LogP contribution >= 0.6 is 58.8 Å². The molecule has 1 amide bonds. The lowest BCUT2D eigenvalue weighted by Crippen LogP contribution is -2.27. The highest BCUT2D eigenvalue weighted by atomic mass is 35.5. The minimum Gasteiger partial charge on any atom is -0.493 e. The summed E-state index contributed by atoms with van der Waals surface area (Å²) in [6.07, 6.45) is 1.75. The number of anilines is 1. The lowest BCUT2D eigenvalue weighted by atomic mass is 10.1. The zero-order valence-corrected chi connectivity index (χ0v) is 21.1. The molecule has 0 unspecified atom stereocenters. The number of para-hydroxylation sites is 1. The van der Waals surface area contributed by atoms with Gasteiger partial charge in [0.2, 0.25) is 0 Å². The van der Waals surface area contributed by atoms with Gasteiger partial charge in [-0.25, -0.2) is 0 Å². The number of methoxy groups -OCH3 is 1. The van der Waals surface area contributed by atoms with Crippen molar-refractivity contribution in [1.29, 1.82) is 0 Å². The van der Waals surface area contributed by atoms with E-state index in [1.807, 2.05) is 24.3 Å². The molecule has 0 N–H and O–H groups in total. The number of thioether (sulfide) groups is 1. The summed E-state index contributed by atoms with van der Waals surface area (Å²) in [4.78, 5) is 15.1. The predicted molar refractivity (Wildman–Crippen MR) is 141 cm³/mol. The van der Waals surface area contributed by atoms with Crippen LogP contribution < -0.4 is 14.4 Å². The van der Waals surface area contributed by atoms with E-state index in [0.29, 0.717) is 53.7 Å². The van der Waals surface area contributed by atoms with E-state index in [-0.39, 0.29) is 5.91 Å². The highest BCUT2D eigenvalue weighted by Crippen LogP contribution is 2.40. The molecule has 4 rings (SSSR count). The molecule has 0 spiro atoms.